The summed E-state index contributed by atoms with van der Waals surface area (Å²) in [6.07, 6.45) is 9.25. The molecule has 0 unspecified atom stereocenters. The predicted octanol–water partition coefficient (Wildman–Crippen LogP) is 2.00. The third kappa shape index (κ3) is 4.00. The molecule has 2 heterocycles. The summed E-state index contributed by atoms with van der Waals surface area (Å²) in [6.45, 7) is 2.53. The zero-order chi connectivity index (χ0) is 16.1. The van der Waals surface area contributed by atoms with E-state index < -0.39 is 0 Å². The molecule has 1 aromatic carbocycles. The van der Waals surface area contributed by atoms with Crippen LogP contribution in [0.4, 0.5) is 5.69 Å². The highest BCUT2D eigenvalue weighted by molar-refractivity contribution is 5.91. The van der Waals surface area contributed by atoms with Gasteiger partial charge in [0.05, 0.1) is 6.20 Å². The van der Waals surface area contributed by atoms with Gasteiger partial charge in [0.15, 0.2) is 0 Å². The third-order valence-corrected chi connectivity index (χ3v) is 4.04. The smallest absolute Gasteiger partial charge is 0.244 e. The van der Waals surface area contributed by atoms with Gasteiger partial charge in [-0.2, -0.15) is 5.10 Å². The van der Waals surface area contributed by atoms with Crippen LogP contribution in [0.2, 0.25) is 0 Å². The van der Waals surface area contributed by atoms with Crippen molar-refractivity contribution in [2.24, 2.45) is 7.05 Å². The number of fused-ring (bicyclic) bond motifs is 1. The van der Waals surface area contributed by atoms with Gasteiger partial charge in [-0.3, -0.25) is 9.48 Å². The molecule has 1 aliphatic rings. The molecule has 23 heavy (non-hydrogen) atoms. The summed E-state index contributed by atoms with van der Waals surface area (Å²) in [5.74, 6) is -0.0702. The molecule has 2 aromatic rings. The first-order valence-corrected chi connectivity index (χ1v) is 8.00. The second-order valence-corrected chi connectivity index (χ2v) is 5.79. The molecule has 3 rings (SSSR count). The largest absolute Gasteiger partial charge is 0.370 e. The maximum absolute atomic E-state index is 11.9. The summed E-state index contributed by atoms with van der Waals surface area (Å²) < 4.78 is 1.71. The number of amides is 1. The van der Waals surface area contributed by atoms with Crippen LogP contribution in [0.3, 0.4) is 0 Å². The number of hydrogen-bond acceptors (Lipinski definition) is 3. The molecular formula is C18H22N4O. The van der Waals surface area contributed by atoms with Gasteiger partial charge in [-0.05, 0) is 30.5 Å². The number of anilines is 1. The molecule has 1 N–H and O–H groups in total. The minimum atomic E-state index is -0.0702. The lowest BCUT2D eigenvalue weighted by molar-refractivity contribution is -0.116. The van der Waals surface area contributed by atoms with E-state index in [2.05, 4.69) is 39.6 Å². The molecule has 1 aromatic heterocycles. The van der Waals surface area contributed by atoms with Gasteiger partial charge in [0.25, 0.3) is 0 Å². The van der Waals surface area contributed by atoms with Crippen LogP contribution in [0.15, 0.2) is 42.7 Å². The first kappa shape index (κ1) is 15.3. The van der Waals surface area contributed by atoms with Crippen LogP contribution < -0.4 is 10.2 Å². The number of aryl methyl sites for hydroxylation is 2. The molecule has 120 valence electrons. The van der Waals surface area contributed by atoms with Crippen molar-refractivity contribution >= 4 is 17.7 Å². The number of carbonyl (C=O) groups excluding carboxylic acids is 1. The summed E-state index contributed by atoms with van der Waals surface area (Å²) >= 11 is 0. The van der Waals surface area contributed by atoms with Crippen molar-refractivity contribution in [1.82, 2.24) is 15.1 Å². The Hall–Kier alpha value is -2.56. The van der Waals surface area contributed by atoms with E-state index in [-0.39, 0.29) is 5.91 Å². The molecule has 0 radical (unpaired) electrons. The van der Waals surface area contributed by atoms with Crippen LogP contribution in [0.25, 0.3) is 6.08 Å². The molecular weight excluding hydrogens is 288 g/mol. The minimum Gasteiger partial charge on any atom is -0.370 e. The van der Waals surface area contributed by atoms with Gasteiger partial charge in [-0.25, -0.2) is 0 Å². The number of rotatable bonds is 5. The normalized spacial score (nSPS) is 14.0. The van der Waals surface area contributed by atoms with E-state index in [1.807, 2.05) is 13.2 Å². The van der Waals surface area contributed by atoms with Crippen LogP contribution in [0, 0.1) is 0 Å². The summed E-state index contributed by atoms with van der Waals surface area (Å²) in [7, 11) is 1.86. The van der Waals surface area contributed by atoms with Gasteiger partial charge in [0.1, 0.15) is 0 Å². The van der Waals surface area contributed by atoms with E-state index >= 15 is 0 Å². The molecule has 1 amide bonds. The van der Waals surface area contributed by atoms with Crippen molar-refractivity contribution in [3.8, 4) is 0 Å². The summed E-state index contributed by atoms with van der Waals surface area (Å²) in [4.78, 5) is 14.2. The van der Waals surface area contributed by atoms with E-state index in [0.717, 1.165) is 25.1 Å². The van der Waals surface area contributed by atoms with Gasteiger partial charge >= 0.3 is 0 Å². The molecule has 5 heteroatoms. The fourth-order valence-electron chi connectivity index (χ4n) is 2.91. The molecule has 0 saturated heterocycles. The average Bonchev–Trinajstić information content (AvgIpc) is 2.99. The van der Waals surface area contributed by atoms with Crippen molar-refractivity contribution in [3.05, 3.63) is 53.9 Å². The maximum Gasteiger partial charge on any atom is 0.244 e. The molecule has 0 spiro atoms. The lowest BCUT2D eigenvalue weighted by Gasteiger charge is -2.31. The van der Waals surface area contributed by atoms with Gasteiger partial charge in [-0.1, -0.05) is 18.2 Å². The first-order valence-electron chi connectivity index (χ1n) is 8.00. The molecule has 0 saturated carbocycles. The first-order chi connectivity index (χ1) is 11.2. The number of nitrogens with zero attached hydrogens (tertiary/aromatic N) is 3. The van der Waals surface area contributed by atoms with E-state index in [1.165, 1.54) is 17.7 Å². The van der Waals surface area contributed by atoms with Crippen molar-refractivity contribution in [2.75, 3.05) is 24.5 Å². The van der Waals surface area contributed by atoms with E-state index in [4.69, 9.17) is 0 Å². The summed E-state index contributed by atoms with van der Waals surface area (Å²) in [5, 5.41) is 7.01. The highest BCUT2D eigenvalue weighted by atomic mass is 16.1. The van der Waals surface area contributed by atoms with Crippen LogP contribution in [-0.4, -0.2) is 35.3 Å². The quantitative estimate of drug-likeness (QED) is 0.860. The number of aromatic nitrogens is 2. The Labute approximate surface area is 136 Å². The van der Waals surface area contributed by atoms with Gasteiger partial charge in [-0.15, -0.1) is 0 Å². The van der Waals surface area contributed by atoms with Crippen LogP contribution in [-0.2, 0) is 18.3 Å². The van der Waals surface area contributed by atoms with Gasteiger partial charge in [0.2, 0.25) is 5.91 Å². The third-order valence-electron chi connectivity index (χ3n) is 4.04. The number of nitrogens with one attached hydrogen (secondary N) is 1. The molecule has 0 fully saturated rings. The SMILES string of the molecule is Cn1cc(/C=C\C(=O)NCCN2CCCc3ccccc32)cn1. The van der Waals surface area contributed by atoms with E-state index in [1.54, 1.807) is 23.0 Å². The van der Waals surface area contributed by atoms with Crippen molar-refractivity contribution in [1.29, 1.82) is 0 Å². The lowest BCUT2D eigenvalue weighted by Crippen LogP contribution is -2.37. The highest BCUT2D eigenvalue weighted by Gasteiger charge is 2.15. The Bertz CT molecular complexity index is 705. The Morgan fingerprint density at radius 3 is 3.09 bits per heavy atom. The van der Waals surface area contributed by atoms with E-state index in [0.29, 0.717) is 6.54 Å². The van der Waals surface area contributed by atoms with Crippen LogP contribution in [0.1, 0.15) is 17.5 Å². The zero-order valence-corrected chi connectivity index (χ0v) is 13.4. The fraction of sp³-hybridized carbons (Fsp3) is 0.333. The molecule has 0 atom stereocenters. The van der Waals surface area contributed by atoms with E-state index in [9.17, 15) is 4.79 Å². The molecule has 0 bridgehead atoms. The highest BCUT2D eigenvalue weighted by Crippen LogP contribution is 2.25. The Morgan fingerprint density at radius 2 is 2.26 bits per heavy atom. The van der Waals surface area contributed by atoms with Crippen molar-refractivity contribution in [2.45, 2.75) is 12.8 Å². The van der Waals surface area contributed by atoms with Gasteiger partial charge in [0, 0.05) is 50.2 Å². The maximum atomic E-state index is 11.9. The number of hydrogen-bond donors (Lipinski definition) is 1. The second kappa shape index (κ2) is 7.13. The number of benzene rings is 1. The average molecular weight is 310 g/mol. The molecule has 0 aliphatic carbocycles. The zero-order valence-electron chi connectivity index (χ0n) is 13.4. The number of carbonyl (C=O) groups is 1. The minimum absolute atomic E-state index is 0.0702. The predicted molar refractivity (Wildman–Crippen MR) is 92.2 cm³/mol. The summed E-state index contributed by atoms with van der Waals surface area (Å²) in [6, 6.07) is 8.52. The topological polar surface area (TPSA) is 50.2 Å². The Morgan fingerprint density at radius 1 is 1.39 bits per heavy atom. The fourth-order valence-corrected chi connectivity index (χ4v) is 2.91. The van der Waals surface area contributed by atoms with Crippen LogP contribution >= 0.6 is 0 Å². The molecule has 1 aliphatic heterocycles. The Balaban J connectivity index is 1.48. The summed E-state index contributed by atoms with van der Waals surface area (Å²) in [5.41, 5.74) is 3.63. The van der Waals surface area contributed by atoms with Gasteiger partial charge < -0.3 is 10.2 Å². The monoisotopic (exact) mass is 310 g/mol. The molecule has 5 nitrogen and oxygen atoms in total. The number of para-hydroxylation sites is 1. The standard InChI is InChI=1S/C18H22N4O/c1-21-14-15(13-20-21)8-9-18(23)19-10-12-22-11-4-6-16-5-2-3-7-17(16)22/h2-3,5,7-9,13-14H,4,6,10-12H2,1H3,(H,19,23)/b9-8-. The second-order valence-electron chi connectivity index (χ2n) is 5.79. The van der Waals surface area contributed by atoms with Crippen molar-refractivity contribution in [3.63, 3.8) is 0 Å². The van der Waals surface area contributed by atoms with Crippen molar-refractivity contribution < 1.29 is 4.79 Å². The lowest BCUT2D eigenvalue weighted by atomic mass is 10.0. The Kier molecular flexibility index (Phi) is 4.76. The van der Waals surface area contributed by atoms with Crippen LogP contribution in [0.5, 0.6) is 0 Å².